The average molecular weight is 422 g/mol. The summed E-state index contributed by atoms with van der Waals surface area (Å²) in [6.45, 7) is 4.48. The number of aryl methyl sites for hydroxylation is 1. The number of benzene rings is 1. The molecule has 0 spiro atoms. The minimum Gasteiger partial charge on any atom is -0.489 e. The molecule has 2 heterocycles. The van der Waals surface area contributed by atoms with Gasteiger partial charge in [0.25, 0.3) is 0 Å². The van der Waals surface area contributed by atoms with Gasteiger partial charge >= 0.3 is 6.03 Å². The molecule has 26 heavy (non-hydrogen) atoms. The van der Waals surface area contributed by atoms with Crippen molar-refractivity contribution in [3.8, 4) is 5.75 Å². The van der Waals surface area contributed by atoms with E-state index < -0.39 is 6.03 Å². The topological polar surface area (TPSA) is 97.4 Å². The Hall–Kier alpha value is -2.23. The van der Waals surface area contributed by atoms with Gasteiger partial charge in [-0.3, -0.25) is 10.3 Å². The van der Waals surface area contributed by atoms with Crippen LogP contribution in [0.2, 0.25) is 0 Å². The SMILES string of the molecule is Cc1cnc(NC(=O)Nc2cc(Br)ccc2OCC2CNCCO2)cn1. The van der Waals surface area contributed by atoms with Gasteiger partial charge in [0.1, 0.15) is 18.5 Å². The molecular weight excluding hydrogens is 402 g/mol. The van der Waals surface area contributed by atoms with Crippen molar-refractivity contribution in [2.75, 3.05) is 36.9 Å². The molecule has 138 valence electrons. The van der Waals surface area contributed by atoms with E-state index in [0.29, 0.717) is 30.5 Å². The molecule has 0 aliphatic carbocycles. The van der Waals surface area contributed by atoms with Gasteiger partial charge in [-0.25, -0.2) is 9.78 Å². The van der Waals surface area contributed by atoms with Gasteiger partial charge in [0, 0.05) is 17.6 Å². The minimum absolute atomic E-state index is 0.0168. The summed E-state index contributed by atoms with van der Waals surface area (Å²) in [7, 11) is 0. The van der Waals surface area contributed by atoms with E-state index in [9.17, 15) is 4.79 Å². The van der Waals surface area contributed by atoms with Crippen LogP contribution >= 0.6 is 15.9 Å². The van der Waals surface area contributed by atoms with Crippen LogP contribution in [0, 0.1) is 6.92 Å². The highest BCUT2D eigenvalue weighted by molar-refractivity contribution is 9.10. The number of ether oxygens (including phenoxy) is 2. The fraction of sp³-hybridized carbons (Fsp3) is 0.353. The maximum atomic E-state index is 12.2. The molecule has 1 aromatic heterocycles. The van der Waals surface area contributed by atoms with E-state index in [2.05, 4.69) is 41.8 Å². The Labute approximate surface area is 159 Å². The molecule has 1 atom stereocenters. The Bertz CT molecular complexity index is 751. The summed E-state index contributed by atoms with van der Waals surface area (Å²) in [6, 6.07) is 4.99. The number of urea groups is 1. The molecule has 0 radical (unpaired) electrons. The highest BCUT2D eigenvalue weighted by Crippen LogP contribution is 2.28. The Morgan fingerprint density at radius 3 is 3.00 bits per heavy atom. The number of halogens is 1. The molecule has 1 aliphatic rings. The van der Waals surface area contributed by atoms with Crippen LogP contribution in [0.15, 0.2) is 35.1 Å². The lowest BCUT2D eigenvalue weighted by Gasteiger charge is -2.24. The van der Waals surface area contributed by atoms with Gasteiger partial charge in [-0.2, -0.15) is 0 Å². The fourth-order valence-corrected chi connectivity index (χ4v) is 2.72. The second kappa shape index (κ2) is 8.93. The number of hydrogen-bond donors (Lipinski definition) is 3. The van der Waals surface area contributed by atoms with Crippen molar-refractivity contribution >= 4 is 33.5 Å². The summed E-state index contributed by atoms with van der Waals surface area (Å²) in [5.74, 6) is 0.930. The number of rotatable bonds is 5. The van der Waals surface area contributed by atoms with Crippen molar-refractivity contribution in [1.82, 2.24) is 15.3 Å². The molecule has 1 aliphatic heterocycles. The van der Waals surface area contributed by atoms with E-state index >= 15 is 0 Å². The third kappa shape index (κ3) is 5.38. The minimum atomic E-state index is -0.429. The summed E-state index contributed by atoms with van der Waals surface area (Å²) in [5.41, 5.74) is 1.32. The van der Waals surface area contributed by atoms with Gasteiger partial charge < -0.3 is 20.1 Å². The molecular formula is C17H20BrN5O3. The van der Waals surface area contributed by atoms with E-state index in [4.69, 9.17) is 9.47 Å². The second-order valence-electron chi connectivity index (χ2n) is 5.77. The lowest BCUT2D eigenvalue weighted by molar-refractivity contribution is 0.000349. The molecule has 0 bridgehead atoms. The molecule has 3 N–H and O–H groups in total. The number of morpholine rings is 1. The van der Waals surface area contributed by atoms with Crippen molar-refractivity contribution in [1.29, 1.82) is 0 Å². The van der Waals surface area contributed by atoms with Crippen LogP contribution in [0.4, 0.5) is 16.3 Å². The van der Waals surface area contributed by atoms with Crippen LogP contribution in [-0.4, -0.2) is 48.4 Å². The first-order chi connectivity index (χ1) is 12.6. The van der Waals surface area contributed by atoms with E-state index in [1.807, 2.05) is 13.0 Å². The monoisotopic (exact) mass is 421 g/mol. The third-order valence-corrected chi connectivity index (χ3v) is 4.13. The molecule has 2 aromatic rings. The largest absolute Gasteiger partial charge is 0.489 e. The van der Waals surface area contributed by atoms with E-state index in [-0.39, 0.29) is 6.10 Å². The summed E-state index contributed by atoms with van der Waals surface area (Å²) in [6.07, 6.45) is 3.07. The van der Waals surface area contributed by atoms with Gasteiger partial charge in [-0.05, 0) is 25.1 Å². The molecule has 1 saturated heterocycles. The van der Waals surface area contributed by atoms with Crippen molar-refractivity contribution in [2.45, 2.75) is 13.0 Å². The van der Waals surface area contributed by atoms with Crippen LogP contribution in [-0.2, 0) is 4.74 Å². The fourth-order valence-electron chi connectivity index (χ4n) is 2.36. The Kier molecular flexibility index (Phi) is 6.37. The zero-order valence-electron chi connectivity index (χ0n) is 14.3. The van der Waals surface area contributed by atoms with Gasteiger partial charge in [0.2, 0.25) is 0 Å². The Morgan fingerprint density at radius 1 is 1.38 bits per heavy atom. The van der Waals surface area contributed by atoms with Crippen LogP contribution in [0.25, 0.3) is 0 Å². The number of aromatic nitrogens is 2. The summed E-state index contributed by atoms with van der Waals surface area (Å²) >= 11 is 3.40. The van der Waals surface area contributed by atoms with Crippen molar-refractivity contribution in [3.63, 3.8) is 0 Å². The first-order valence-corrected chi connectivity index (χ1v) is 9.01. The van der Waals surface area contributed by atoms with Crippen LogP contribution < -0.4 is 20.7 Å². The molecule has 1 fully saturated rings. The highest BCUT2D eigenvalue weighted by Gasteiger charge is 2.16. The number of nitrogens with zero attached hydrogens (tertiary/aromatic N) is 2. The number of carbonyl (C=O) groups excluding carboxylic acids is 1. The van der Waals surface area contributed by atoms with Crippen LogP contribution in [0.3, 0.4) is 0 Å². The van der Waals surface area contributed by atoms with Gasteiger partial charge in [-0.1, -0.05) is 15.9 Å². The number of carbonyl (C=O) groups is 1. The van der Waals surface area contributed by atoms with Crippen LogP contribution in [0.1, 0.15) is 5.69 Å². The maximum Gasteiger partial charge on any atom is 0.325 e. The molecule has 1 unspecified atom stereocenters. The zero-order valence-corrected chi connectivity index (χ0v) is 15.9. The first-order valence-electron chi connectivity index (χ1n) is 8.21. The number of amides is 2. The second-order valence-corrected chi connectivity index (χ2v) is 6.69. The molecule has 1 aromatic carbocycles. The van der Waals surface area contributed by atoms with E-state index in [1.54, 1.807) is 18.3 Å². The smallest absolute Gasteiger partial charge is 0.325 e. The van der Waals surface area contributed by atoms with E-state index in [0.717, 1.165) is 23.3 Å². The number of nitrogens with one attached hydrogen (secondary N) is 3. The summed E-state index contributed by atoms with van der Waals surface area (Å²) in [4.78, 5) is 20.4. The molecule has 9 heteroatoms. The van der Waals surface area contributed by atoms with Gasteiger partial charge in [-0.15, -0.1) is 0 Å². The maximum absolute atomic E-state index is 12.2. The number of hydrogen-bond acceptors (Lipinski definition) is 6. The molecule has 8 nitrogen and oxygen atoms in total. The predicted octanol–water partition coefficient (Wildman–Crippen LogP) is 2.56. The zero-order chi connectivity index (χ0) is 18.4. The van der Waals surface area contributed by atoms with Crippen LogP contribution in [0.5, 0.6) is 5.75 Å². The van der Waals surface area contributed by atoms with E-state index in [1.165, 1.54) is 6.20 Å². The Morgan fingerprint density at radius 2 is 2.27 bits per heavy atom. The lowest BCUT2D eigenvalue weighted by Crippen LogP contribution is -2.41. The molecule has 3 rings (SSSR count). The normalized spacial score (nSPS) is 16.8. The summed E-state index contributed by atoms with van der Waals surface area (Å²) in [5, 5.41) is 8.67. The number of anilines is 2. The summed E-state index contributed by atoms with van der Waals surface area (Å²) < 4.78 is 12.3. The van der Waals surface area contributed by atoms with Gasteiger partial charge in [0.15, 0.2) is 5.82 Å². The van der Waals surface area contributed by atoms with Crippen molar-refractivity contribution in [3.05, 3.63) is 40.8 Å². The lowest BCUT2D eigenvalue weighted by atomic mass is 10.3. The molecule has 2 amide bonds. The predicted molar refractivity (Wildman–Crippen MR) is 102 cm³/mol. The highest BCUT2D eigenvalue weighted by atomic mass is 79.9. The Balaban J connectivity index is 1.62. The quantitative estimate of drug-likeness (QED) is 0.686. The van der Waals surface area contributed by atoms with Gasteiger partial charge in [0.05, 0.1) is 30.4 Å². The third-order valence-electron chi connectivity index (χ3n) is 3.64. The van der Waals surface area contributed by atoms with Crippen molar-refractivity contribution < 1.29 is 14.3 Å². The standard InChI is InChI=1S/C17H20BrN5O3/c1-11-7-21-16(9-20-11)23-17(24)22-14-6-12(18)2-3-15(14)26-10-13-8-19-4-5-25-13/h2-3,6-7,9,13,19H,4-5,8,10H2,1H3,(H2,21,22,23,24). The average Bonchev–Trinajstić information content (AvgIpc) is 2.64. The van der Waals surface area contributed by atoms with Crippen molar-refractivity contribution in [2.24, 2.45) is 0 Å². The molecule has 0 saturated carbocycles. The first kappa shape index (κ1) is 18.6.